The van der Waals surface area contributed by atoms with Crippen molar-refractivity contribution in [2.45, 2.75) is 44.6 Å². The SMILES string of the molecule is CCCCCCC(=CC(N)(CF)C(=O)O)CN. The highest BCUT2D eigenvalue weighted by atomic mass is 19.1. The highest BCUT2D eigenvalue weighted by Crippen LogP contribution is 2.14. The van der Waals surface area contributed by atoms with E-state index in [1.54, 1.807) is 0 Å². The second-order valence-corrected chi connectivity index (χ2v) is 4.30. The van der Waals surface area contributed by atoms with E-state index in [1.165, 1.54) is 6.08 Å². The number of halogens is 1. The minimum atomic E-state index is -1.93. The molecule has 0 radical (unpaired) electrons. The van der Waals surface area contributed by atoms with E-state index in [4.69, 9.17) is 16.6 Å². The average molecular weight is 246 g/mol. The van der Waals surface area contributed by atoms with E-state index in [-0.39, 0.29) is 6.54 Å². The minimum absolute atomic E-state index is 0.221. The Bertz CT molecular complexity index is 269. The van der Waals surface area contributed by atoms with Gasteiger partial charge in [-0.15, -0.1) is 0 Å². The third-order valence-corrected chi connectivity index (χ3v) is 2.69. The summed E-state index contributed by atoms with van der Waals surface area (Å²) in [5.74, 6) is -1.36. The molecule has 0 amide bonds. The Hall–Kier alpha value is -0.940. The lowest BCUT2D eigenvalue weighted by Gasteiger charge is -2.18. The molecule has 5 heteroatoms. The van der Waals surface area contributed by atoms with Crippen molar-refractivity contribution < 1.29 is 14.3 Å². The minimum Gasteiger partial charge on any atom is -0.480 e. The number of carboxylic acid groups (broad SMARTS) is 1. The number of rotatable bonds is 9. The maximum Gasteiger partial charge on any atom is 0.330 e. The smallest absolute Gasteiger partial charge is 0.330 e. The Morgan fingerprint density at radius 3 is 2.47 bits per heavy atom. The Labute approximate surface area is 102 Å². The number of unbranched alkanes of at least 4 members (excludes halogenated alkanes) is 3. The van der Waals surface area contributed by atoms with Gasteiger partial charge in [-0.05, 0) is 12.8 Å². The number of alkyl halides is 1. The number of carbonyl (C=O) groups is 1. The van der Waals surface area contributed by atoms with Gasteiger partial charge in [-0.1, -0.05) is 37.8 Å². The lowest BCUT2D eigenvalue weighted by Crippen LogP contribution is -2.48. The monoisotopic (exact) mass is 246 g/mol. The molecular formula is C12H23FN2O2. The molecule has 1 unspecified atom stereocenters. The van der Waals surface area contributed by atoms with Crippen molar-refractivity contribution in [3.8, 4) is 0 Å². The maximum absolute atomic E-state index is 12.6. The Balaban J connectivity index is 4.46. The molecule has 0 aliphatic carbocycles. The van der Waals surface area contributed by atoms with Crippen molar-refractivity contribution in [1.29, 1.82) is 0 Å². The van der Waals surface area contributed by atoms with E-state index in [9.17, 15) is 9.18 Å². The predicted octanol–water partition coefficient (Wildman–Crippen LogP) is 1.59. The van der Waals surface area contributed by atoms with Crippen LogP contribution in [0.25, 0.3) is 0 Å². The summed E-state index contributed by atoms with van der Waals surface area (Å²) in [7, 11) is 0. The zero-order valence-corrected chi connectivity index (χ0v) is 10.4. The summed E-state index contributed by atoms with van der Waals surface area (Å²) in [6.07, 6.45) is 6.20. The van der Waals surface area contributed by atoms with Crippen molar-refractivity contribution in [2.75, 3.05) is 13.2 Å². The lowest BCUT2D eigenvalue weighted by molar-refractivity contribution is -0.141. The standard InChI is InChI=1S/C12H23FN2O2/c1-2-3-4-5-6-10(8-14)7-12(15,9-13)11(16)17/h7H,2-6,8-9,14-15H2,1H3,(H,16,17). The zero-order chi connectivity index (χ0) is 13.3. The van der Waals surface area contributed by atoms with E-state index < -0.39 is 18.2 Å². The van der Waals surface area contributed by atoms with Gasteiger partial charge in [0.1, 0.15) is 6.67 Å². The molecule has 0 aromatic carbocycles. The molecule has 0 saturated heterocycles. The van der Waals surface area contributed by atoms with Gasteiger partial charge in [0, 0.05) is 6.54 Å². The van der Waals surface area contributed by atoms with Crippen molar-refractivity contribution in [2.24, 2.45) is 11.5 Å². The number of hydrogen-bond acceptors (Lipinski definition) is 3. The van der Waals surface area contributed by atoms with Gasteiger partial charge in [-0.3, -0.25) is 0 Å². The molecule has 17 heavy (non-hydrogen) atoms. The molecule has 0 rings (SSSR count). The fraction of sp³-hybridized carbons (Fsp3) is 0.750. The summed E-state index contributed by atoms with van der Waals surface area (Å²) in [4.78, 5) is 10.8. The highest BCUT2D eigenvalue weighted by molar-refractivity contribution is 5.81. The molecule has 0 aliphatic rings. The molecule has 4 nitrogen and oxygen atoms in total. The van der Waals surface area contributed by atoms with Gasteiger partial charge in [0.25, 0.3) is 0 Å². The van der Waals surface area contributed by atoms with Crippen molar-refractivity contribution in [1.82, 2.24) is 0 Å². The van der Waals surface area contributed by atoms with Crippen LogP contribution in [0, 0.1) is 0 Å². The Kier molecular flexibility index (Phi) is 7.74. The number of carboxylic acids is 1. The molecule has 100 valence electrons. The Morgan fingerprint density at radius 1 is 1.41 bits per heavy atom. The van der Waals surface area contributed by atoms with Gasteiger partial charge in [0.05, 0.1) is 0 Å². The van der Waals surface area contributed by atoms with Gasteiger partial charge in [-0.25, -0.2) is 9.18 Å². The molecule has 0 aromatic heterocycles. The molecule has 0 fully saturated rings. The summed E-state index contributed by atoms with van der Waals surface area (Å²) in [6, 6.07) is 0. The van der Waals surface area contributed by atoms with Crippen LogP contribution in [0.5, 0.6) is 0 Å². The van der Waals surface area contributed by atoms with Crippen LogP contribution < -0.4 is 11.5 Å². The average Bonchev–Trinajstić information content (AvgIpc) is 2.32. The molecule has 0 bridgehead atoms. The van der Waals surface area contributed by atoms with Crippen molar-refractivity contribution in [3.05, 3.63) is 11.6 Å². The summed E-state index contributed by atoms with van der Waals surface area (Å²) in [6.45, 7) is 1.21. The summed E-state index contributed by atoms with van der Waals surface area (Å²) in [5.41, 5.74) is 9.73. The van der Waals surface area contributed by atoms with Gasteiger partial charge >= 0.3 is 5.97 Å². The maximum atomic E-state index is 12.6. The second kappa shape index (κ2) is 8.20. The largest absolute Gasteiger partial charge is 0.480 e. The van der Waals surface area contributed by atoms with Crippen LogP contribution in [0.2, 0.25) is 0 Å². The predicted molar refractivity (Wildman–Crippen MR) is 66.4 cm³/mol. The van der Waals surface area contributed by atoms with E-state index >= 15 is 0 Å². The molecule has 0 spiro atoms. The molecule has 0 heterocycles. The first-order valence-electron chi connectivity index (χ1n) is 5.99. The molecular weight excluding hydrogens is 223 g/mol. The van der Waals surface area contributed by atoms with Gasteiger partial charge in [-0.2, -0.15) is 0 Å². The summed E-state index contributed by atoms with van der Waals surface area (Å²) < 4.78 is 12.6. The highest BCUT2D eigenvalue weighted by Gasteiger charge is 2.31. The molecule has 0 saturated carbocycles. The topological polar surface area (TPSA) is 89.3 Å². The molecule has 5 N–H and O–H groups in total. The van der Waals surface area contributed by atoms with Gasteiger partial charge in [0.15, 0.2) is 5.54 Å². The normalized spacial score (nSPS) is 15.6. The summed E-state index contributed by atoms with van der Waals surface area (Å²) >= 11 is 0. The van der Waals surface area contributed by atoms with Gasteiger partial charge in [0.2, 0.25) is 0 Å². The quantitative estimate of drug-likeness (QED) is 0.426. The van der Waals surface area contributed by atoms with Crippen LogP contribution in [0.15, 0.2) is 11.6 Å². The first-order valence-corrected chi connectivity index (χ1v) is 5.99. The third kappa shape index (κ3) is 5.79. The van der Waals surface area contributed by atoms with E-state index in [1.807, 2.05) is 0 Å². The fourth-order valence-electron chi connectivity index (χ4n) is 1.53. The van der Waals surface area contributed by atoms with E-state index in [0.29, 0.717) is 12.0 Å². The summed E-state index contributed by atoms with van der Waals surface area (Å²) in [5, 5.41) is 8.84. The number of hydrogen-bond donors (Lipinski definition) is 3. The van der Waals surface area contributed by atoms with Crippen molar-refractivity contribution in [3.63, 3.8) is 0 Å². The van der Waals surface area contributed by atoms with Crippen LogP contribution in [0.3, 0.4) is 0 Å². The van der Waals surface area contributed by atoms with E-state index in [2.05, 4.69) is 6.92 Å². The van der Waals surface area contributed by atoms with Crippen LogP contribution in [-0.4, -0.2) is 29.8 Å². The van der Waals surface area contributed by atoms with Crippen LogP contribution in [0.4, 0.5) is 4.39 Å². The third-order valence-electron chi connectivity index (χ3n) is 2.69. The van der Waals surface area contributed by atoms with E-state index in [0.717, 1.165) is 25.7 Å². The number of aliphatic carboxylic acids is 1. The van der Waals surface area contributed by atoms with Crippen LogP contribution >= 0.6 is 0 Å². The first kappa shape index (κ1) is 16.1. The zero-order valence-electron chi connectivity index (χ0n) is 10.4. The first-order chi connectivity index (χ1) is 8.00. The lowest BCUT2D eigenvalue weighted by atomic mass is 9.96. The van der Waals surface area contributed by atoms with Crippen LogP contribution in [-0.2, 0) is 4.79 Å². The molecule has 0 aliphatic heterocycles. The molecule has 0 aromatic rings. The molecule has 1 atom stereocenters. The van der Waals surface area contributed by atoms with Crippen LogP contribution in [0.1, 0.15) is 39.0 Å². The van der Waals surface area contributed by atoms with Crippen molar-refractivity contribution >= 4 is 5.97 Å². The second-order valence-electron chi connectivity index (χ2n) is 4.30. The fourth-order valence-corrected chi connectivity index (χ4v) is 1.53. The van der Waals surface area contributed by atoms with Gasteiger partial charge < -0.3 is 16.6 Å². The Morgan fingerprint density at radius 2 is 2.06 bits per heavy atom. The number of nitrogens with two attached hydrogens (primary N) is 2.